The number of hydrogen-bond donors (Lipinski definition) is 2. The second-order valence-electron chi connectivity index (χ2n) is 7.89. The van der Waals surface area contributed by atoms with E-state index in [0.717, 1.165) is 27.2 Å². The number of aryl methyl sites for hydroxylation is 2. The second-order valence-corrected chi connectivity index (χ2v) is 10.1. The van der Waals surface area contributed by atoms with Gasteiger partial charge in [-0.15, -0.1) is 10.2 Å². The van der Waals surface area contributed by atoms with Gasteiger partial charge in [0.25, 0.3) is 0 Å². The second kappa shape index (κ2) is 10.8. The van der Waals surface area contributed by atoms with E-state index in [9.17, 15) is 4.79 Å². The van der Waals surface area contributed by atoms with Gasteiger partial charge in [-0.05, 0) is 67.0 Å². The zero-order valence-electron chi connectivity index (χ0n) is 18.4. The number of hydrogen-bond acceptors (Lipinski definition) is 7. The zero-order chi connectivity index (χ0) is 22.3. The summed E-state index contributed by atoms with van der Waals surface area (Å²) in [6, 6.07) is 14.5. The predicted molar refractivity (Wildman–Crippen MR) is 131 cm³/mol. The van der Waals surface area contributed by atoms with Crippen LogP contribution in [-0.4, -0.2) is 29.0 Å². The fourth-order valence-corrected chi connectivity index (χ4v) is 5.34. The summed E-state index contributed by atoms with van der Waals surface area (Å²) < 4.78 is 5.95. The highest BCUT2D eigenvalue weighted by Crippen LogP contribution is 2.27. The normalized spacial score (nSPS) is 13.8. The molecule has 1 amide bonds. The van der Waals surface area contributed by atoms with E-state index in [2.05, 4.69) is 39.0 Å². The molecule has 1 atom stereocenters. The lowest BCUT2D eigenvalue weighted by molar-refractivity contribution is -0.119. The molecule has 3 aromatic rings. The lowest BCUT2D eigenvalue weighted by atomic mass is 9.89. The van der Waals surface area contributed by atoms with Gasteiger partial charge in [-0.25, -0.2) is 0 Å². The number of carbonyl (C=O) groups excluding carboxylic acids is 1. The van der Waals surface area contributed by atoms with Crippen LogP contribution in [-0.2, 0) is 24.2 Å². The van der Waals surface area contributed by atoms with Gasteiger partial charge in [-0.1, -0.05) is 53.4 Å². The maximum absolute atomic E-state index is 12.5. The van der Waals surface area contributed by atoms with E-state index >= 15 is 0 Å². The third kappa shape index (κ3) is 6.01. The van der Waals surface area contributed by atoms with E-state index in [4.69, 9.17) is 4.74 Å². The Balaban J connectivity index is 1.23. The molecule has 1 unspecified atom stereocenters. The first-order valence-corrected chi connectivity index (χ1v) is 12.6. The lowest BCUT2D eigenvalue weighted by Crippen LogP contribution is -2.28. The molecule has 4 rings (SSSR count). The number of fused-ring (bicyclic) bond motifs is 1. The van der Waals surface area contributed by atoms with Crippen LogP contribution < -0.4 is 15.4 Å². The monoisotopic (exact) mass is 468 g/mol. The average molecular weight is 469 g/mol. The van der Waals surface area contributed by atoms with Crippen molar-refractivity contribution < 1.29 is 9.53 Å². The lowest BCUT2D eigenvalue weighted by Gasteiger charge is -2.20. The van der Waals surface area contributed by atoms with Crippen LogP contribution in [0.3, 0.4) is 0 Å². The molecule has 6 nitrogen and oxygen atoms in total. The summed E-state index contributed by atoms with van der Waals surface area (Å²) in [6.45, 7) is 2.70. The van der Waals surface area contributed by atoms with E-state index in [1.807, 2.05) is 31.2 Å². The molecule has 1 aliphatic rings. The number of ether oxygens (including phenoxy) is 1. The molecule has 1 aliphatic carbocycles. The molecule has 0 saturated heterocycles. The van der Waals surface area contributed by atoms with Crippen molar-refractivity contribution in [1.82, 2.24) is 15.5 Å². The number of anilines is 1. The topological polar surface area (TPSA) is 76.1 Å². The molecular weight excluding hydrogens is 440 g/mol. The molecule has 2 aromatic carbocycles. The van der Waals surface area contributed by atoms with Crippen LogP contribution in [0.4, 0.5) is 5.13 Å². The van der Waals surface area contributed by atoms with Crippen molar-refractivity contribution in [3.63, 3.8) is 0 Å². The predicted octanol–water partition coefficient (Wildman–Crippen LogP) is 5.01. The Morgan fingerprint density at radius 3 is 2.69 bits per heavy atom. The molecule has 0 bridgehead atoms. The molecule has 0 fully saturated rings. The van der Waals surface area contributed by atoms with Crippen LogP contribution in [0.2, 0.25) is 0 Å². The summed E-state index contributed by atoms with van der Waals surface area (Å²) in [6.07, 6.45) is 4.85. The molecule has 1 aromatic heterocycles. The van der Waals surface area contributed by atoms with Crippen LogP contribution in [0.25, 0.3) is 0 Å². The van der Waals surface area contributed by atoms with E-state index in [-0.39, 0.29) is 11.9 Å². The molecule has 0 aliphatic heterocycles. The first-order valence-electron chi connectivity index (χ1n) is 10.8. The van der Waals surface area contributed by atoms with E-state index in [1.54, 1.807) is 7.11 Å². The first-order chi connectivity index (χ1) is 15.6. The maximum Gasteiger partial charge on any atom is 0.230 e. The van der Waals surface area contributed by atoms with Crippen LogP contribution >= 0.6 is 23.1 Å². The fourth-order valence-electron chi connectivity index (χ4n) is 3.78. The van der Waals surface area contributed by atoms with Gasteiger partial charge < -0.3 is 15.4 Å². The van der Waals surface area contributed by atoms with E-state index < -0.39 is 0 Å². The Bertz CT molecular complexity index is 1050. The SMILES string of the molecule is COc1ccc(CNc2nnc(SCC(=O)NC(C)c3ccc4c(c3)CCCC4)s2)cc1. The van der Waals surface area contributed by atoms with Crippen molar-refractivity contribution in [3.8, 4) is 5.75 Å². The zero-order valence-corrected chi connectivity index (χ0v) is 20.0. The minimum absolute atomic E-state index is 0.00293. The van der Waals surface area contributed by atoms with Crippen LogP contribution in [0.5, 0.6) is 5.75 Å². The van der Waals surface area contributed by atoms with Crippen LogP contribution in [0.15, 0.2) is 46.8 Å². The fraction of sp³-hybridized carbons (Fsp3) is 0.375. The van der Waals surface area contributed by atoms with Gasteiger partial charge in [0.1, 0.15) is 5.75 Å². The Kier molecular flexibility index (Phi) is 7.65. The molecule has 32 heavy (non-hydrogen) atoms. The van der Waals surface area contributed by atoms with Gasteiger partial charge in [0.15, 0.2) is 4.34 Å². The summed E-state index contributed by atoms with van der Waals surface area (Å²) >= 11 is 2.87. The first kappa shape index (κ1) is 22.6. The van der Waals surface area contributed by atoms with E-state index in [0.29, 0.717) is 12.3 Å². The van der Waals surface area contributed by atoms with Gasteiger partial charge in [0.05, 0.1) is 18.9 Å². The van der Waals surface area contributed by atoms with Crippen molar-refractivity contribution in [2.24, 2.45) is 0 Å². The van der Waals surface area contributed by atoms with Gasteiger partial charge in [0.2, 0.25) is 11.0 Å². The smallest absolute Gasteiger partial charge is 0.230 e. The largest absolute Gasteiger partial charge is 0.497 e. The number of nitrogens with zero attached hydrogens (tertiary/aromatic N) is 2. The van der Waals surface area contributed by atoms with Gasteiger partial charge in [0, 0.05) is 6.54 Å². The van der Waals surface area contributed by atoms with Crippen molar-refractivity contribution >= 4 is 34.1 Å². The quantitative estimate of drug-likeness (QED) is 0.430. The maximum atomic E-state index is 12.5. The third-order valence-corrected chi connectivity index (χ3v) is 7.60. The molecule has 1 heterocycles. The average Bonchev–Trinajstić information content (AvgIpc) is 3.29. The molecule has 0 saturated carbocycles. The molecule has 0 spiro atoms. The number of carbonyl (C=O) groups is 1. The summed E-state index contributed by atoms with van der Waals surface area (Å²) in [5.74, 6) is 1.16. The molecule has 2 N–H and O–H groups in total. The molecule has 168 valence electrons. The van der Waals surface area contributed by atoms with Crippen LogP contribution in [0.1, 0.15) is 48.1 Å². The number of thioether (sulfide) groups is 1. The number of rotatable bonds is 9. The molecule has 8 heteroatoms. The van der Waals surface area contributed by atoms with Crippen molar-refractivity contribution in [1.29, 1.82) is 0 Å². The highest BCUT2D eigenvalue weighted by molar-refractivity contribution is 8.01. The summed E-state index contributed by atoms with van der Waals surface area (Å²) in [5, 5.41) is 15.5. The Morgan fingerprint density at radius 2 is 1.91 bits per heavy atom. The standard InChI is InChI=1S/C24H28N4O2S2/c1-16(19-10-9-18-5-3-4-6-20(18)13-19)26-22(29)15-31-24-28-27-23(32-24)25-14-17-7-11-21(30-2)12-8-17/h7-13,16H,3-6,14-15H2,1-2H3,(H,25,27)(H,26,29). The van der Waals surface area contributed by atoms with Crippen LogP contribution in [0, 0.1) is 0 Å². The van der Waals surface area contributed by atoms with Gasteiger partial charge in [-0.2, -0.15) is 0 Å². The number of benzene rings is 2. The van der Waals surface area contributed by atoms with Gasteiger partial charge >= 0.3 is 0 Å². The number of amides is 1. The van der Waals surface area contributed by atoms with Crippen molar-refractivity contribution in [3.05, 3.63) is 64.7 Å². The summed E-state index contributed by atoms with van der Waals surface area (Å²) in [5.41, 5.74) is 5.20. The van der Waals surface area contributed by atoms with E-state index in [1.165, 1.54) is 59.1 Å². The Labute approximate surface area is 197 Å². The number of aromatic nitrogens is 2. The highest BCUT2D eigenvalue weighted by Gasteiger charge is 2.15. The number of nitrogens with one attached hydrogen (secondary N) is 2. The van der Waals surface area contributed by atoms with Crippen molar-refractivity contribution in [2.45, 2.75) is 49.5 Å². The Hall–Kier alpha value is -2.58. The van der Waals surface area contributed by atoms with Gasteiger partial charge in [-0.3, -0.25) is 4.79 Å². The van der Waals surface area contributed by atoms with Crippen molar-refractivity contribution in [2.75, 3.05) is 18.2 Å². The minimum Gasteiger partial charge on any atom is -0.497 e. The molecule has 0 radical (unpaired) electrons. The summed E-state index contributed by atoms with van der Waals surface area (Å²) in [4.78, 5) is 12.5. The molecular formula is C24H28N4O2S2. The highest BCUT2D eigenvalue weighted by atomic mass is 32.2. The minimum atomic E-state index is -0.00790. The third-order valence-electron chi connectivity index (χ3n) is 5.59. The summed E-state index contributed by atoms with van der Waals surface area (Å²) in [7, 11) is 1.66. The number of methoxy groups -OCH3 is 1. The Morgan fingerprint density at radius 1 is 1.12 bits per heavy atom.